The van der Waals surface area contributed by atoms with Gasteiger partial charge in [-0.3, -0.25) is 4.79 Å². The molecule has 1 aliphatic heterocycles. The SMILES string of the molecule is COC(=O)C1CCCN(CC(C)C)C1. The summed E-state index contributed by atoms with van der Waals surface area (Å²) in [5.41, 5.74) is 0. The highest BCUT2D eigenvalue weighted by Crippen LogP contribution is 2.18. The van der Waals surface area contributed by atoms with Gasteiger partial charge < -0.3 is 9.64 Å². The van der Waals surface area contributed by atoms with Gasteiger partial charge in [0.1, 0.15) is 0 Å². The van der Waals surface area contributed by atoms with Crippen molar-refractivity contribution in [2.45, 2.75) is 26.7 Å². The Morgan fingerprint density at radius 2 is 2.29 bits per heavy atom. The van der Waals surface area contributed by atoms with Gasteiger partial charge in [-0.25, -0.2) is 0 Å². The van der Waals surface area contributed by atoms with Gasteiger partial charge in [0.05, 0.1) is 13.0 Å². The van der Waals surface area contributed by atoms with Crippen LogP contribution < -0.4 is 0 Å². The number of likely N-dealkylation sites (tertiary alicyclic amines) is 1. The molecule has 0 spiro atoms. The summed E-state index contributed by atoms with van der Waals surface area (Å²) in [5, 5.41) is 0. The Kier molecular flexibility index (Phi) is 4.39. The number of rotatable bonds is 3. The van der Waals surface area contributed by atoms with E-state index in [2.05, 4.69) is 18.7 Å². The van der Waals surface area contributed by atoms with Gasteiger partial charge in [-0.15, -0.1) is 0 Å². The van der Waals surface area contributed by atoms with Gasteiger partial charge in [-0.1, -0.05) is 13.8 Å². The zero-order valence-electron chi connectivity index (χ0n) is 9.45. The summed E-state index contributed by atoms with van der Waals surface area (Å²) in [7, 11) is 1.48. The average molecular weight is 199 g/mol. The first-order valence-corrected chi connectivity index (χ1v) is 5.43. The van der Waals surface area contributed by atoms with E-state index in [0.717, 1.165) is 32.5 Å². The predicted octanol–water partition coefficient (Wildman–Crippen LogP) is 1.53. The van der Waals surface area contributed by atoms with Gasteiger partial charge in [0.25, 0.3) is 0 Å². The number of hydrogen-bond acceptors (Lipinski definition) is 3. The van der Waals surface area contributed by atoms with Crippen molar-refractivity contribution in [3.05, 3.63) is 0 Å². The Bertz CT molecular complexity index is 192. The zero-order valence-corrected chi connectivity index (χ0v) is 9.45. The quantitative estimate of drug-likeness (QED) is 0.646. The van der Waals surface area contributed by atoms with Crippen molar-refractivity contribution < 1.29 is 9.53 Å². The Labute approximate surface area is 86.4 Å². The fourth-order valence-corrected chi connectivity index (χ4v) is 2.10. The lowest BCUT2D eigenvalue weighted by atomic mass is 9.97. The molecule has 0 N–H and O–H groups in total. The second-order valence-electron chi connectivity index (χ2n) is 4.52. The number of esters is 1. The van der Waals surface area contributed by atoms with Gasteiger partial charge >= 0.3 is 5.97 Å². The van der Waals surface area contributed by atoms with Crippen LogP contribution in [0.15, 0.2) is 0 Å². The molecule has 82 valence electrons. The van der Waals surface area contributed by atoms with Crippen molar-refractivity contribution in [1.29, 1.82) is 0 Å². The molecule has 14 heavy (non-hydrogen) atoms. The number of hydrogen-bond donors (Lipinski definition) is 0. The molecule has 1 rings (SSSR count). The molecule has 0 aromatic heterocycles. The second kappa shape index (κ2) is 5.35. The van der Waals surface area contributed by atoms with E-state index in [1.807, 2.05) is 0 Å². The molecule has 3 heteroatoms. The number of piperidine rings is 1. The van der Waals surface area contributed by atoms with Crippen LogP contribution in [-0.2, 0) is 9.53 Å². The second-order valence-corrected chi connectivity index (χ2v) is 4.52. The number of carbonyl (C=O) groups is 1. The van der Waals surface area contributed by atoms with E-state index in [4.69, 9.17) is 4.74 Å². The molecule has 0 bridgehead atoms. The van der Waals surface area contributed by atoms with Gasteiger partial charge in [0, 0.05) is 13.1 Å². The minimum atomic E-state index is -0.0431. The smallest absolute Gasteiger partial charge is 0.309 e. The van der Waals surface area contributed by atoms with Crippen LogP contribution in [-0.4, -0.2) is 37.6 Å². The fraction of sp³-hybridized carbons (Fsp3) is 0.909. The molecule has 0 aliphatic carbocycles. The molecule has 0 saturated carbocycles. The Hall–Kier alpha value is -0.570. The van der Waals surface area contributed by atoms with Crippen LogP contribution >= 0.6 is 0 Å². The highest BCUT2D eigenvalue weighted by Gasteiger charge is 2.26. The average Bonchev–Trinajstić information content (AvgIpc) is 2.16. The summed E-state index contributed by atoms with van der Waals surface area (Å²) in [6.45, 7) is 7.52. The Morgan fingerprint density at radius 3 is 2.86 bits per heavy atom. The van der Waals surface area contributed by atoms with Crippen molar-refractivity contribution in [2.75, 3.05) is 26.7 Å². The van der Waals surface area contributed by atoms with Crippen LogP contribution in [0.4, 0.5) is 0 Å². The monoisotopic (exact) mass is 199 g/mol. The highest BCUT2D eigenvalue weighted by molar-refractivity contribution is 5.72. The normalized spacial score (nSPS) is 23.9. The first-order valence-electron chi connectivity index (χ1n) is 5.43. The van der Waals surface area contributed by atoms with Gasteiger partial charge in [-0.2, -0.15) is 0 Å². The molecule has 0 aromatic carbocycles. The Balaban J connectivity index is 2.39. The summed E-state index contributed by atoms with van der Waals surface area (Å²) < 4.78 is 4.78. The van der Waals surface area contributed by atoms with Crippen LogP contribution in [0.2, 0.25) is 0 Å². The third-order valence-corrected chi connectivity index (χ3v) is 2.66. The van der Waals surface area contributed by atoms with Crippen molar-refractivity contribution >= 4 is 5.97 Å². The summed E-state index contributed by atoms with van der Waals surface area (Å²) in [6, 6.07) is 0. The topological polar surface area (TPSA) is 29.5 Å². The fourth-order valence-electron chi connectivity index (χ4n) is 2.10. The van der Waals surface area contributed by atoms with Crippen molar-refractivity contribution in [3.8, 4) is 0 Å². The van der Waals surface area contributed by atoms with E-state index >= 15 is 0 Å². The molecule has 0 radical (unpaired) electrons. The lowest BCUT2D eigenvalue weighted by Gasteiger charge is -2.32. The molecule has 1 saturated heterocycles. The largest absolute Gasteiger partial charge is 0.469 e. The van der Waals surface area contributed by atoms with Crippen LogP contribution in [0.1, 0.15) is 26.7 Å². The van der Waals surface area contributed by atoms with Gasteiger partial charge in [-0.05, 0) is 25.3 Å². The van der Waals surface area contributed by atoms with E-state index in [0.29, 0.717) is 5.92 Å². The van der Waals surface area contributed by atoms with Gasteiger partial charge in [0.2, 0.25) is 0 Å². The lowest BCUT2D eigenvalue weighted by molar-refractivity contribution is -0.147. The molecular weight excluding hydrogens is 178 g/mol. The number of methoxy groups -OCH3 is 1. The molecule has 1 atom stereocenters. The molecule has 3 nitrogen and oxygen atoms in total. The summed E-state index contributed by atoms with van der Waals surface area (Å²) in [5.74, 6) is 0.734. The first-order chi connectivity index (χ1) is 6.63. The zero-order chi connectivity index (χ0) is 10.6. The summed E-state index contributed by atoms with van der Waals surface area (Å²) >= 11 is 0. The van der Waals surface area contributed by atoms with Crippen LogP contribution in [0.3, 0.4) is 0 Å². The number of nitrogens with zero attached hydrogens (tertiary/aromatic N) is 1. The summed E-state index contributed by atoms with van der Waals surface area (Å²) in [6.07, 6.45) is 2.10. The minimum absolute atomic E-state index is 0.0431. The van der Waals surface area contributed by atoms with E-state index in [1.54, 1.807) is 0 Å². The summed E-state index contributed by atoms with van der Waals surface area (Å²) in [4.78, 5) is 13.7. The van der Waals surface area contributed by atoms with E-state index in [-0.39, 0.29) is 11.9 Å². The number of carbonyl (C=O) groups excluding carboxylic acids is 1. The molecule has 1 unspecified atom stereocenters. The molecule has 0 aromatic rings. The third-order valence-electron chi connectivity index (χ3n) is 2.66. The van der Waals surface area contributed by atoms with Crippen molar-refractivity contribution in [3.63, 3.8) is 0 Å². The van der Waals surface area contributed by atoms with Crippen LogP contribution in [0.25, 0.3) is 0 Å². The molecule has 0 amide bonds. The third kappa shape index (κ3) is 3.29. The Morgan fingerprint density at radius 1 is 1.57 bits per heavy atom. The van der Waals surface area contributed by atoms with E-state index in [1.165, 1.54) is 7.11 Å². The standard InChI is InChI=1S/C11H21NO2/c1-9(2)7-12-6-4-5-10(8-12)11(13)14-3/h9-10H,4-8H2,1-3H3. The van der Waals surface area contributed by atoms with E-state index < -0.39 is 0 Å². The van der Waals surface area contributed by atoms with Crippen molar-refractivity contribution in [1.82, 2.24) is 4.90 Å². The van der Waals surface area contributed by atoms with Gasteiger partial charge in [0.15, 0.2) is 0 Å². The van der Waals surface area contributed by atoms with Crippen LogP contribution in [0, 0.1) is 11.8 Å². The lowest BCUT2D eigenvalue weighted by Crippen LogP contribution is -2.40. The highest BCUT2D eigenvalue weighted by atomic mass is 16.5. The number of ether oxygens (including phenoxy) is 1. The maximum absolute atomic E-state index is 11.3. The molecule has 1 heterocycles. The minimum Gasteiger partial charge on any atom is -0.469 e. The van der Waals surface area contributed by atoms with Crippen LogP contribution in [0.5, 0.6) is 0 Å². The predicted molar refractivity (Wildman–Crippen MR) is 56.0 cm³/mol. The maximum atomic E-state index is 11.3. The first kappa shape index (κ1) is 11.5. The van der Waals surface area contributed by atoms with E-state index in [9.17, 15) is 4.79 Å². The molecule has 1 aliphatic rings. The molecular formula is C11H21NO2. The van der Waals surface area contributed by atoms with Crippen molar-refractivity contribution in [2.24, 2.45) is 11.8 Å². The maximum Gasteiger partial charge on any atom is 0.309 e. The molecule has 1 fully saturated rings.